The first kappa shape index (κ1) is 17.0. The van der Waals surface area contributed by atoms with E-state index in [0.717, 1.165) is 16.7 Å². The van der Waals surface area contributed by atoms with E-state index in [1.807, 2.05) is 25.1 Å². The van der Waals surface area contributed by atoms with Crippen LogP contribution in [0.25, 0.3) is 11.1 Å². The average Bonchev–Trinajstić information content (AvgIpc) is 3.26. The quantitative estimate of drug-likeness (QED) is 0.722. The number of carbonyl (C=O) groups excluding carboxylic acids is 1. The van der Waals surface area contributed by atoms with Crippen molar-refractivity contribution in [3.8, 4) is 0 Å². The van der Waals surface area contributed by atoms with Gasteiger partial charge in [-0.1, -0.05) is 29.8 Å². The minimum atomic E-state index is -0.348. The SMILES string of the molecule is Cc1cccc2oc(CCNC(=O)[C@@H]3C[C@H]3c3c(F)cccc3Cl)nc12. The highest BCUT2D eigenvalue weighted by Gasteiger charge is 2.46. The molecule has 1 aliphatic carbocycles. The number of hydrogen-bond acceptors (Lipinski definition) is 3. The van der Waals surface area contributed by atoms with Gasteiger partial charge in [-0.3, -0.25) is 4.79 Å². The van der Waals surface area contributed by atoms with Crippen molar-refractivity contribution >= 4 is 28.6 Å². The summed E-state index contributed by atoms with van der Waals surface area (Å²) in [6, 6.07) is 10.4. The molecule has 4 nitrogen and oxygen atoms in total. The standard InChI is InChI=1S/C20H18ClFN2O2/c1-11-4-2-7-16-19(11)24-17(26-16)8-9-23-20(25)13-10-12(13)18-14(21)5-3-6-15(18)22/h2-7,12-13H,8-10H2,1H3,(H,23,25)/t12-,13-/m1/s1. The van der Waals surface area contributed by atoms with Crippen molar-refractivity contribution in [2.75, 3.05) is 6.54 Å². The number of aryl methyl sites for hydroxylation is 1. The predicted molar refractivity (Wildman–Crippen MR) is 97.7 cm³/mol. The number of carbonyl (C=O) groups is 1. The lowest BCUT2D eigenvalue weighted by Gasteiger charge is -2.06. The number of amides is 1. The van der Waals surface area contributed by atoms with E-state index in [2.05, 4.69) is 10.3 Å². The lowest BCUT2D eigenvalue weighted by molar-refractivity contribution is -0.122. The van der Waals surface area contributed by atoms with Gasteiger partial charge in [0.2, 0.25) is 5.91 Å². The first-order valence-electron chi connectivity index (χ1n) is 8.61. The molecule has 1 aromatic heterocycles. The number of para-hydroxylation sites is 1. The molecule has 2 atom stereocenters. The van der Waals surface area contributed by atoms with Crippen molar-refractivity contribution in [1.29, 1.82) is 0 Å². The molecular weight excluding hydrogens is 355 g/mol. The Kier molecular flexibility index (Phi) is 4.41. The average molecular weight is 373 g/mol. The third-order valence-corrected chi connectivity index (χ3v) is 5.13. The number of nitrogens with one attached hydrogen (secondary N) is 1. The summed E-state index contributed by atoms with van der Waals surface area (Å²) in [6.07, 6.45) is 1.13. The van der Waals surface area contributed by atoms with E-state index in [1.165, 1.54) is 6.07 Å². The van der Waals surface area contributed by atoms with Gasteiger partial charge in [0.15, 0.2) is 11.5 Å². The molecular formula is C20H18ClFN2O2. The molecule has 1 fully saturated rings. The maximum absolute atomic E-state index is 13.9. The van der Waals surface area contributed by atoms with Gasteiger partial charge in [-0.15, -0.1) is 0 Å². The maximum atomic E-state index is 13.9. The van der Waals surface area contributed by atoms with Crippen molar-refractivity contribution in [2.45, 2.75) is 25.7 Å². The van der Waals surface area contributed by atoms with Crippen molar-refractivity contribution in [1.82, 2.24) is 10.3 Å². The Labute approximate surface area is 155 Å². The summed E-state index contributed by atoms with van der Waals surface area (Å²) in [5.74, 6) is -0.202. The lowest BCUT2D eigenvalue weighted by atomic mass is 10.1. The zero-order valence-electron chi connectivity index (χ0n) is 14.3. The molecule has 0 radical (unpaired) electrons. The molecule has 134 valence electrons. The van der Waals surface area contributed by atoms with Crippen LogP contribution >= 0.6 is 11.6 Å². The van der Waals surface area contributed by atoms with Crippen LogP contribution in [0.4, 0.5) is 4.39 Å². The van der Waals surface area contributed by atoms with Crippen LogP contribution < -0.4 is 5.32 Å². The Morgan fingerprint density at radius 1 is 1.35 bits per heavy atom. The monoisotopic (exact) mass is 372 g/mol. The number of benzene rings is 2. The van der Waals surface area contributed by atoms with E-state index in [0.29, 0.717) is 35.9 Å². The van der Waals surface area contributed by atoms with Crippen molar-refractivity contribution in [3.63, 3.8) is 0 Å². The van der Waals surface area contributed by atoms with Crippen molar-refractivity contribution in [2.24, 2.45) is 5.92 Å². The summed E-state index contributed by atoms with van der Waals surface area (Å²) in [7, 11) is 0. The Balaban J connectivity index is 1.34. The van der Waals surface area contributed by atoms with Crippen LogP contribution in [0.3, 0.4) is 0 Å². The molecule has 1 saturated carbocycles. The summed E-state index contributed by atoms with van der Waals surface area (Å²) >= 11 is 6.08. The molecule has 1 N–H and O–H groups in total. The summed E-state index contributed by atoms with van der Waals surface area (Å²) in [5.41, 5.74) is 3.11. The molecule has 0 unspecified atom stereocenters. The van der Waals surface area contributed by atoms with E-state index in [9.17, 15) is 9.18 Å². The number of aromatic nitrogens is 1. The number of nitrogens with zero attached hydrogens (tertiary/aromatic N) is 1. The zero-order chi connectivity index (χ0) is 18.3. The van der Waals surface area contributed by atoms with Crippen LogP contribution in [0.1, 0.15) is 29.4 Å². The second-order valence-electron chi connectivity index (χ2n) is 6.65. The molecule has 0 aliphatic heterocycles. The molecule has 1 heterocycles. The van der Waals surface area contributed by atoms with E-state index >= 15 is 0 Å². The van der Waals surface area contributed by atoms with E-state index in [1.54, 1.807) is 12.1 Å². The summed E-state index contributed by atoms with van der Waals surface area (Å²) in [6.45, 7) is 2.41. The normalized spacial score (nSPS) is 18.9. The third kappa shape index (κ3) is 3.19. The Hall–Kier alpha value is -2.40. The van der Waals surface area contributed by atoms with Crippen LogP contribution in [0.15, 0.2) is 40.8 Å². The minimum absolute atomic E-state index is 0.0818. The molecule has 1 aliphatic rings. The number of halogens is 2. The molecule has 3 aromatic rings. The van der Waals surface area contributed by atoms with Crippen LogP contribution in [-0.2, 0) is 11.2 Å². The van der Waals surface area contributed by atoms with E-state index in [4.69, 9.17) is 16.0 Å². The predicted octanol–water partition coefficient (Wildman–Crippen LogP) is 4.39. The Bertz CT molecular complexity index is 965. The van der Waals surface area contributed by atoms with Gasteiger partial charge >= 0.3 is 0 Å². The topological polar surface area (TPSA) is 55.1 Å². The van der Waals surface area contributed by atoms with Crippen molar-refractivity contribution < 1.29 is 13.6 Å². The molecule has 0 saturated heterocycles. The fourth-order valence-corrected chi connectivity index (χ4v) is 3.63. The Morgan fingerprint density at radius 3 is 2.92 bits per heavy atom. The van der Waals surface area contributed by atoms with Crippen molar-refractivity contribution in [3.05, 3.63) is 64.3 Å². The van der Waals surface area contributed by atoms with Gasteiger partial charge in [-0.25, -0.2) is 9.37 Å². The van der Waals surface area contributed by atoms with Gasteiger partial charge < -0.3 is 9.73 Å². The van der Waals surface area contributed by atoms with Gasteiger partial charge in [-0.2, -0.15) is 0 Å². The maximum Gasteiger partial charge on any atom is 0.223 e. The second kappa shape index (κ2) is 6.72. The highest BCUT2D eigenvalue weighted by Crippen LogP contribution is 2.50. The van der Waals surface area contributed by atoms with E-state index < -0.39 is 0 Å². The van der Waals surface area contributed by atoms with Gasteiger partial charge in [0.05, 0.1) is 0 Å². The number of hydrogen-bond donors (Lipinski definition) is 1. The molecule has 6 heteroatoms. The van der Waals surface area contributed by atoms with Gasteiger partial charge in [0.25, 0.3) is 0 Å². The second-order valence-corrected chi connectivity index (χ2v) is 7.06. The molecule has 26 heavy (non-hydrogen) atoms. The fourth-order valence-electron chi connectivity index (χ4n) is 3.33. The zero-order valence-corrected chi connectivity index (χ0v) is 15.0. The van der Waals surface area contributed by atoms with Crippen LogP contribution in [0, 0.1) is 18.7 Å². The van der Waals surface area contributed by atoms with Crippen LogP contribution in [0.5, 0.6) is 0 Å². The lowest BCUT2D eigenvalue weighted by Crippen LogP contribution is -2.27. The smallest absolute Gasteiger partial charge is 0.223 e. The van der Waals surface area contributed by atoms with Gasteiger partial charge in [0.1, 0.15) is 11.3 Å². The first-order valence-corrected chi connectivity index (χ1v) is 8.99. The third-order valence-electron chi connectivity index (χ3n) is 4.80. The number of oxazole rings is 1. The van der Waals surface area contributed by atoms with E-state index in [-0.39, 0.29) is 23.6 Å². The molecule has 4 rings (SSSR count). The summed E-state index contributed by atoms with van der Waals surface area (Å²) in [5, 5.41) is 3.27. The Morgan fingerprint density at radius 2 is 2.15 bits per heavy atom. The minimum Gasteiger partial charge on any atom is -0.441 e. The van der Waals surface area contributed by atoms with Gasteiger partial charge in [-0.05, 0) is 37.1 Å². The summed E-state index contributed by atoms with van der Waals surface area (Å²) < 4.78 is 19.6. The van der Waals surface area contributed by atoms with Gasteiger partial charge in [0, 0.05) is 35.4 Å². The molecule has 2 aromatic carbocycles. The number of fused-ring (bicyclic) bond motifs is 1. The molecule has 0 spiro atoms. The van der Waals surface area contributed by atoms with Crippen LogP contribution in [0.2, 0.25) is 5.02 Å². The molecule has 0 bridgehead atoms. The van der Waals surface area contributed by atoms with Crippen LogP contribution in [-0.4, -0.2) is 17.4 Å². The largest absolute Gasteiger partial charge is 0.441 e. The highest BCUT2D eigenvalue weighted by atomic mass is 35.5. The summed E-state index contributed by atoms with van der Waals surface area (Å²) in [4.78, 5) is 16.8. The molecule has 1 amide bonds. The first-order chi connectivity index (χ1) is 12.5. The fraction of sp³-hybridized carbons (Fsp3) is 0.300. The highest BCUT2D eigenvalue weighted by molar-refractivity contribution is 6.31. The number of rotatable bonds is 5.